The number of benzene rings is 14. The van der Waals surface area contributed by atoms with E-state index in [1.165, 1.54) is 9.80 Å². The van der Waals surface area contributed by atoms with Crippen molar-refractivity contribution in [2.75, 3.05) is 9.80 Å². The maximum Gasteiger partial charge on any atom is 0.266 e. The van der Waals surface area contributed by atoms with Gasteiger partial charge in [-0.15, -0.1) is 0 Å². The fourth-order valence-corrected chi connectivity index (χ4v) is 16.2. The second-order valence-corrected chi connectivity index (χ2v) is 32.6. The van der Waals surface area contributed by atoms with E-state index in [2.05, 4.69) is 54.7 Å². The fourth-order valence-electron chi connectivity index (χ4n) is 16.2. The van der Waals surface area contributed by atoms with Crippen LogP contribution >= 0.6 is 0 Å². The Kier molecular flexibility index (Phi) is 20.6. The summed E-state index contributed by atoms with van der Waals surface area (Å²) in [6, 6.07) is 94.8. The lowest BCUT2D eigenvalue weighted by atomic mass is 9.78. The molecule has 4 aliphatic rings. The van der Waals surface area contributed by atoms with Crippen LogP contribution in [0, 0.1) is 0 Å². The van der Waals surface area contributed by atoms with Crippen molar-refractivity contribution in [3.05, 3.63) is 429 Å². The molecule has 0 aliphatic carbocycles. The lowest BCUT2D eigenvalue weighted by Crippen LogP contribution is -2.29. The molecule has 14 aromatic rings. The zero-order chi connectivity index (χ0) is 86.7. The Bertz CT molecular complexity index is 6320. The van der Waals surface area contributed by atoms with E-state index in [0.717, 1.165) is 65.4 Å². The zero-order valence-electron chi connectivity index (χ0n) is 69.0. The Morgan fingerprint density at radius 3 is 0.640 bits per heavy atom. The van der Waals surface area contributed by atoms with Gasteiger partial charge in [-0.2, -0.15) is 0 Å². The Hall–Kier alpha value is -16.1. The van der Waals surface area contributed by atoms with E-state index in [0.29, 0.717) is 103 Å². The summed E-state index contributed by atoms with van der Waals surface area (Å²) in [6.07, 6.45) is 3.47. The molecule has 18 nitrogen and oxygen atoms in total. The normalized spacial score (nSPS) is 13.6. The van der Waals surface area contributed by atoms with Crippen molar-refractivity contribution in [3.63, 3.8) is 0 Å². The highest BCUT2D eigenvalue weighted by Crippen LogP contribution is 2.43. The van der Waals surface area contributed by atoms with E-state index in [9.17, 15) is 38.4 Å². The van der Waals surface area contributed by atoms with Gasteiger partial charge in [0.2, 0.25) is 0 Å². The molecule has 0 atom stereocenters. The van der Waals surface area contributed by atoms with Crippen molar-refractivity contribution in [1.29, 1.82) is 0 Å². The van der Waals surface area contributed by atoms with Crippen LogP contribution in [-0.4, -0.2) is 57.1 Å². The molecule has 0 radical (unpaired) electrons. The minimum absolute atomic E-state index is 0.156. The number of nitrogens with zero attached hydrogens (tertiary/aromatic N) is 4. The first kappa shape index (κ1) is 80.0. The van der Waals surface area contributed by atoms with Crippen molar-refractivity contribution in [3.8, 4) is 69.0 Å². The molecule has 18 rings (SSSR count). The van der Waals surface area contributed by atoms with Crippen molar-refractivity contribution in [2.24, 2.45) is 0 Å². The molecule has 612 valence electrons. The monoisotopic (exact) mass is 1640 g/mol. The zero-order valence-corrected chi connectivity index (χ0v) is 69.0. The number of imide groups is 4. The van der Waals surface area contributed by atoms with E-state index in [1.54, 1.807) is 133 Å². The predicted octanol–water partition coefficient (Wildman–Crippen LogP) is 23.9. The minimum atomic E-state index is -0.477. The lowest BCUT2D eigenvalue weighted by molar-refractivity contribution is 0.0627. The molecule has 14 aromatic carbocycles. The summed E-state index contributed by atoms with van der Waals surface area (Å²) < 4.78 is 37.5. The number of carbonyl (C=O) groups excluding carboxylic acids is 8. The Morgan fingerprint density at radius 2 is 0.408 bits per heavy atom. The van der Waals surface area contributed by atoms with Crippen LogP contribution in [-0.2, 0) is 29.3 Å². The molecule has 0 saturated carbocycles. The highest BCUT2D eigenvalue weighted by Gasteiger charge is 2.41. The van der Waals surface area contributed by atoms with Crippen LogP contribution < -0.4 is 38.2 Å². The first-order valence-electron chi connectivity index (χ1n) is 40.7. The van der Waals surface area contributed by atoms with Gasteiger partial charge in [0.05, 0.1) is 69.0 Å². The van der Waals surface area contributed by atoms with E-state index in [1.807, 2.05) is 194 Å². The number of ether oxygens (including phenoxy) is 6. The number of hydrogen-bond donors (Lipinski definition) is 0. The second kappa shape index (κ2) is 32.1. The third-order valence-corrected chi connectivity index (χ3v) is 23.8. The van der Waals surface area contributed by atoms with Crippen molar-refractivity contribution in [1.82, 2.24) is 9.80 Å². The van der Waals surface area contributed by atoms with Gasteiger partial charge >= 0.3 is 0 Å². The molecule has 0 fully saturated rings. The molecule has 0 unspecified atom stereocenters. The number of fused-ring (bicyclic) bond motifs is 4. The SMILES string of the molecule is C=Cc1ccc(CN2C(=O)c3ccc(Oc4ccc(C(C)(C)c5ccc(Oc6ccc7c(c6)C(=O)N(c6ccc(Oc8ccc(C(C)(C)c9ccc(Oc%10ccc(N%11C(=O)c%12ccc(Oc%13ccc(C(C)(C)c%14ccc(Oc%15ccc%16c(c%15)C(=O)N(Cc%15ccc(C=C)cc%15)C%16=O)cc%14)cc%13)cc%12C%11=O)cc%10)cc9)cc8)cc6)C7=O)cc5)cc4)cc3C2=O)cc1. The topological polar surface area (TPSA) is 205 Å². The molecule has 0 saturated heterocycles. The summed E-state index contributed by atoms with van der Waals surface area (Å²) in [4.78, 5) is 114. The largest absolute Gasteiger partial charge is 0.457 e. The van der Waals surface area contributed by atoms with Crippen LogP contribution in [0.5, 0.6) is 69.0 Å². The standard InChI is InChI=1S/C107H80N4O14/c1-9-65-11-15-67(16-12-65)63-108-97(112)89-55-51-85(59-93(89)99(108)114)122-79-39-23-71(24-40-79)106(5,6)73-27-43-81(44-28-73)124-87-53-57-91-95(61-87)103(118)110(101(91)116)75-31-47-83(48-32-75)120-77-35-19-69(20-36-77)105(3,4)70-21-37-78(38-22-70)121-84-49-33-76(34-50-84)111-102(117)92-58-54-88(62-96(92)104(111)119)125-82-45-29-74(30-46-82)107(7,8)72-25-41-80(42-26-72)123-86-52-56-90-94(60-86)100(115)109(98(90)113)64-68-17-13-66(10-2)14-18-68/h9-62H,1-2,63-64H2,3-8H3. The lowest BCUT2D eigenvalue weighted by Gasteiger charge is -2.26. The third-order valence-electron chi connectivity index (χ3n) is 23.8. The third kappa shape index (κ3) is 15.5. The Morgan fingerprint density at radius 1 is 0.224 bits per heavy atom. The molecular formula is C107H80N4O14. The first-order chi connectivity index (χ1) is 60.3. The molecule has 0 aromatic heterocycles. The van der Waals surface area contributed by atoms with Crippen LogP contribution in [0.25, 0.3) is 12.2 Å². The summed E-state index contributed by atoms with van der Waals surface area (Å²) in [5.74, 6) is 2.76. The first-order valence-corrected chi connectivity index (χ1v) is 40.7. The number of rotatable bonds is 26. The number of anilines is 2. The van der Waals surface area contributed by atoms with E-state index in [4.69, 9.17) is 28.4 Å². The second-order valence-electron chi connectivity index (χ2n) is 32.6. The Labute approximate surface area is 721 Å². The van der Waals surface area contributed by atoms with Gasteiger partial charge in [0.15, 0.2) is 0 Å². The Balaban J connectivity index is 0.440. The average molecular weight is 1650 g/mol. The van der Waals surface area contributed by atoms with Gasteiger partial charge in [0, 0.05) is 16.2 Å². The molecular weight excluding hydrogens is 1570 g/mol. The van der Waals surface area contributed by atoms with Gasteiger partial charge < -0.3 is 28.4 Å². The van der Waals surface area contributed by atoms with E-state index >= 15 is 0 Å². The van der Waals surface area contributed by atoms with Crippen LogP contribution in [0.3, 0.4) is 0 Å². The summed E-state index contributed by atoms with van der Waals surface area (Å²) in [6.45, 7) is 20.6. The minimum Gasteiger partial charge on any atom is -0.457 e. The highest BCUT2D eigenvalue weighted by molar-refractivity contribution is 6.35. The summed E-state index contributed by atoms with van der Waals surface area (Å²) in [7, 11) is 0. The van der Waals surface area contributed by atoms with Crippen LogP contribution in [0.2, 0.25) is 0 Å². The van der Waals surface area contributed by atoms with Crippen molar-refractivity contribution in [2.45, 2.75) is 70.9 Å². The maximum absolute atomic E-state index is 14.0. The maximum atomic E-state index is 14.0. The van der Waals surface area contributed by atoms with Gasteiger partial charge in [-0.1, -0.05) is 188 Å². The summed E-state index contributed by atoms with van der Waals surface area (Å²) in [5, 5.41) is 0. The van der Waals surface area contributed by atoms with Crippen LogP contribution in [0.1, 0.15) is 180 Å². The number of amides is 8. The predicted molar refractivity (Wildman–Crippen MR) is 478 cm³/mol. The number of carbonyl (C=O) groups is 8. The number of hydrogen-bond acceptors (Lipinski definition) is 14. The van der Waals surface area contributed by atoms with Gasteiger partial charge in [-0.05, 0) is 250 Å². The molecule has 125 heavy (non-hydrogen) atoms. The smallest absolute Gasteiger partial charge is 0.266 e. The molecule has 0 N–H and O–H groups in total. The fraction of sp³-hybridized carbons (Fsp3) is 0.103. The van der Waals surface area contributed by atoms with Gasteiger partial charge in [0.1, 0.15) is 69.0 Å². The van der Waals surface area contributed by atoms with Gasteiger partial charge in [-0.25, -0.2) is 9.80 Å². The average Bonchev–Trinajstić information content (AvgIpc) is 1.67. The molecule has 0 bridgehead atoms. The quantitative estimate of drug-likeness (QED) is 0.0463. The summed E-state index contributed by atoms with van der Waals surface area (Å²) in [5.41, 5.74) is 11.4. The molecule has 0 spiro atoms. The summed E-state index contributed by atoms with van der Waals surface area (Å²) >= 11 is 0. The highest BCUT2D eigenvalue weighted by atomic mass is 16.5. The van der Waals surface area contributed by atoms with Crippen LogP contribution in [0.4, 0.5) is 11.4 Å². The molecule has 18 heteroatoms. The van der Waals surface area contributed by atoms with Crippen LogP contribution in [0.15, 0.2) is 329 Å². The van der Waals surface area contributed by atoms with E-state index in [-0.39, 0.29) is 59.0 Å². The van der Waals surface area contributed by atoms with Gasteiger partial charge in [-0.3, -0.25) is 48.2 Å². The van der Waals surface area contributed by atoms with Crippen molar-refractivity contribution < 1.29 is 66.8 Å². The molecule has 4 aliphatic heterocycles. The van der Waals surface area contributed by atoms with E-state index < -0.39 is 39.9 Å². The van der Waals surface area contributed by atoms with Crippen molar-refractivity contribution >= 4 is 70.8 Å². The molecule has 4 heterocycles. The van der Waals surface area contributed by atoms with Gasteiger partial charge in [0.25, 0.3) is 47.3 Å². The molecule has 8 amide bonds.